The Bertz CT molecular complexity index is 1260. The highest BCUT2D eigenvalue weighted by Crippen LogP contribution is 2.20. The zero-order valence-electron chi connectivity index (χ0n) is 27.2. The molecule has 3 fully saturated rings. The van der Waals surface area contributed by atoms with Crippen LogP contribution in [-0.4, -0.2) is 122 Å². The van der Waals surface area contributed by atoms with Crippen LogP contribution in [0.25, 0.3) is 0 Å². The van der Waals surface area contributed by atoms with E-state index in [1.165, 1.54) is 18.9 Å². The quantitative estimate of drug-likeness (QED) is 0.161. The van der Waals surface area contributed by atoms with Gasteiger partial charge < -0.3 is 20.0 Å². The number of hydrazone groups is 1. The summed E-state index contributed by atoms with van der Waals surface area (Å²) in [6.45, 7) is 15.1. The molecule has 0 radical (unpaired) electrons. The van der Waals surface area contributed by atoms with Gasteiger partial charge in [0.1, 0.15) is 5.82 Å². The van der Waals surface area contributed by atoms with Crippen LogP contribution in [-0.2, 0) is 16.0 Å². The average molecular weight is 624 g/mol. The van der Waals surface area contributed by atoms with E-state index in [9.17, 15) is 18.8 Å². The van der Waals surface area contributed by atoms with Crippen LogP contribution in [0.3, 0.4) is 0 Å². The summed E-state index contributed by atoms with van der Waals surface area (Å²) in [5.74, 6) is -0.107. The van der Waals surface area contributed by atoms with Gasteiger partial charge in [-0.1, -0.05) is 25.1 Å². The highest BCUT2D eigenvalue weighted by molar-refractivity contribution is 6.05. The number of allylic oxidation sites excluding steroid dienone is 4. The molecule has 0 aromatic heterocycles. The maximum absolute atomic E-state index is 15.0. The molecule has 0 atom stereocenters. The molecule has 0 saturated carbocycles. The molecule has 11 heteroatoms. The molecule has 0 aliphatic carbocycles. The lowest BCUT2D eigenvalue weighted by Crippen LogP contribution is -2.55. The first-order valence-corrected chi connectivity index (χ1v) is 16.4. The van der Waals surface area contributed by atoms with Gasteiger partial charge in [0.05, 0.1) is 17.8 Å². The Labute approximate surface area is 267 Å². The van der Waals surface area contributed by atoms with Gasteiger partial charge in [0, 0.05) is 65.3 Å². The van der Waals surface area contributed by atoms with Gasteiger partial charge in [-0.25, -0.2) is 9.82 Å². The summed E-state index contributed by atoms with van der Waals surface area (Å²) in [7, 11) is 0. The topological polar surface area (TPSA) is 101 Å². The molecule has 3 aliphatic heterocycles. The fourth-order valence-corrected chi connectivity index (χ4v) is 6.38. The lowest BCUT2D eigenvalue weighted by molar-refractivity contribution is -0.134. The number of hydrogen-bond acceptors (Lipinski definition) is 7. The largest absolute Gasteiger partial charge is 0.338 e. The van der Waals surface area contributed by atoms with Gasteiger partial charge in [-0.2, -0.15) is 5.10 Å². The Morgan fingerprint density at radius 1 is 1.02 bits per heavy atom. The number of nitrogens with one attached hydrogen (secondary N) is 2. The SMILES string of the molecule is C\C=C(C)/C(=C\CC)C(/Cc1ccc(F)c(C(=O)N2CCN(C(=O)CN3CCN(CC4CCNCC4)CC3)CC2)c1)=N\NC=O. The van der Waals surface area contributed by atoms with Crippen LogP contribution < -0.4 is 10.7 Å². The maximum atomic E-state index is 15.0. The van der Waals surface area contributed by atoms with Crippen molar-refractivity contribution in [2.24, 2.45) is 11.0 Å². The predicted octanol–water partition coefficient (Wildman–Crippen LogP) is 2.67. The van der Waals surface area contributed by atoms with E-state index in [-0.39, 0.29) is 17.4 Å². The van der Waals surface area contributed by atoms with Crippen LogP contribution in [0.15, 0.2) is 46.6 Å². The monoisotopic (exact) mass is 623 g/mol. The van der Waals surface area contributed by atoms with Gasteiger partial charge in [-0.05, 0) is 81.0 Å². The summed E-state index contributed by atoms with van der Waals surface area (Å²) in [6.07, 6.45) is 8.09. The molecule has 4 rings (SSSR count). The molecule has 45 heavy (non-hydrogen) atoms. The van der Waals surface area contributed by atoms with Crippen molar-refractivity contribution >= 4 is 23.9 Å². The highest BCUT2D eigenvalue weighted by atomic mass is 19.1. The highest BCUT2D eigenvalue weighted by Gasteiger charge is 2.29. The number of benzene rings is 1. The van der Waals surface area contributed by atoms with Crippen LogP contribution in [0.5, 0.6) is 0 Å². The summed E-state index contributed by atoms with van der Waals surface area (Å²) in [5, 5.41) is 7.69. The van der Waals surface area contributed by atoms with Crippen molar-refractivity contribution in [3.63, 3.8) is 0 Å². The Morgan fingerprint density at radius 3 is 2.33 bits per heavy atom. The molecule has 0 unspecified atom stereocenters. The molecule has 1 aromatic rings. The first-order valence-electron chi connectivity index (χ1n) is 16.4. The molecule has 246 valence electrons. The van der Waals surface area contributed by atoms with E-state index in [0.717, 1.165) is 69.3 Å². The normalized spacial score (nSPS) is 20.0. The van der Waals surface area contributed by atoms with E-state index in [4.69, 9.17) is 0 Å². The van der Waals surface area contributed by atoms with Gasteiger partial charge in [-0.15, -0.1) is 0 Å². The van der Waals surface area contributed by atoms with Gasteiger partial charge >= 0.3 is 0 Å². The fraction of sp³-hybridized carbons (Fsp3) is 0.588. The predicted molar refractivity (Wildman–Crippen MR) is 176 cm³/mol. The summed E-state index contributed by atoms with van der Waals surface area (Å²) in [5.41, 5.74) is 5.63. The summed E-state index contributed by atoms with van der Waals surface area (Å²) >= 11 is 0. The van der Waals surface area contributed by atoms with Crippen molar-refractivity contribution in [1.29, 1.82) is 0 Å². The van der Waals surface area contributed by atoms with Crippen molar-refractivity contribution < 1.29 is 18.8 Å². The first-order chi connectivity index (χ1) is 21.8. The second-order valence-corrected chi connectivity index (χ2v) is 12.2. The van der Waals surface area contributed by atoms with Gasteiger partial charge in [0.25, 0.3) is 5.91 Å². The zero-order chi connectivity index (χ0) is 32.2. The number of halogens is 1. The van der Waals surface area contributed by atoms with E-state index < -0.39 is 5.82 Å². The van der Waals surface area contributed by atoms with E-state index in [0.29, 0.717) is 56.8 Å². The standard InChI is InChI=1S/C34H50FN7O3/c1-4-6-29(26(3)5-2)32(38-37-25-43)22-28-7-8-31(35)30(21-28)34(45)42-19-17-41(18-20-42)33(44)24-40-15-13-39(14-16-40)23-27-9-11-36-12-10-27/h5-8,21,25,27,36H,4,9-20,22-24H2,1-3H3,(H,37,43)/b26-5-,29-6+,38-32-. The van der Waals surface area contributed by atoms with E-state index in [1.807, 2.05) is 37.8 Å². The van der Waals surface area contributed by atoms with Crippen molar-refractivity contribution in [3.05, 3.63) is 58.4 Å². The van der Waals surface area contributed by atoms with E-state index in [2.05, 4.69) is 25.6 Å². The zero-order valence-corrected chi connectivity index (χ0v) is 27.2. The minimum absolute atomic E-state index is 0.00103. The molecule has 3 amide bonds. The number of hydrogen-bond donors (Lipinski definition) is 2. The number of rotatable bonds is 12. The smallest absolute Gasteiger partial charge is 0.256 e. The van der Waals surface area contributed by atoms with Gasteiger partial charge in [-0.3, -0.25) is 19.3 Å². The summed E-state index contributed by atoms with van der Waals surface area (Å²) < 4.78 is 15.0. The molecule has 0 bridgehead atoms. The number of carbonyl (C=O) groups excluding carboxylic acids is 3. The summed E-state index contributed by atoms with van der Waals surface area (Å²) in [6, 6.07) is 4.52. The second-order valence-electron chi connectivity index (χ2n) is 12.2. The van der Waals surface area contributed by atoms with E-state index in [1.54, 1.807) is 17.0 Å². The molecule has 3 saturated heterocycles. The molecular weight excluding hydrogens is 573 g/mol. The number of piperazine rings is 2. The van der Waals surface area contributed by atoms with Crippen molar-refractivity contribution in [1.82, 2.24) is 30.3 Å². The van der Waals surface area contributed by atoms with Gasteiger partial charge in [0.15, 0.2) is 0 Å². The Hall–Kier alpha value is -3.41. The average Bonchev–Trinajstić information content (AvgIpc) is 3.07. The third-order valence-corrected chi connectivity index (χ3v) is 9.18. The van der Waals surface area contributed by atoms with Crippen LogP contribution in [0, 0.1) is 11.7 Å². The minimum atomic E-state index is -0.583. The molecule has 3 aliphatic rings. The van der Waals surface area contributed by atoms with Crippen LogP contribution in [0.4, 0.5) is 4.39 Å². The molecule has 0 spiro atoms. The molecular formula is C34H50FN7O3. The first kappa shape index (κ1) is 34.5. The van der Waals surface area contributed by atoms with Crippen molar-refractivity contribution in [3.8, 4) is 0 Å². The van der Waals surface area contributed by atoms with Crippen LogP contribution >= 0.6 is 0 Å². The Morgan fingerprint density at radius 2 is 1.69 bits per heavy atom. The Balaban J connectivity index is 1.30. The van der Waals surface area contributed by atoms with Crippen molar-refractivity contribution in [2.45, 2.75) is 46.5 Å². The number of piperidine rings is 1. The minimum Gasteiger partial charge on any atom is -0.338 e. The second kappa shape index (κ2) is 17.3. The van der Waals surface area contributed by atoms with Crippen molar-refractivity contribution in [2.75, 3.05) is 78.5 Å². The number of amides is 3. The molecule has 2 N–H and O–H groups in total. The third-order valence-electron chi connectivity index (χ3n) is 9.18. The lowest BCUT2D eigenvalue weighted by Gasteiger charge is -2.39. The fourth-order valence-electron chi connectivity index (χ4n) is 6.38. The molecule has 1 aromatic carbocycles. The number of carbonyl (C=O) groups is 3. The molecule has 10 nitrogen and oxygen atoms in total. The third kappa shape index (κ3) is 9.79. The van der Waals surface area contributed by atoms with E-state index >= 15 is 0 Å². The Kier molecular flexibility index (Phi) is 13.3. The molecule has 3 heterocycles. The summed E-state index contributed by atoms with van der Waals surface area (Å²) in [4.78, 5) is 45.8. The van der Waals surface area contributed by atoms with Crippen LogP contribution in [0.2, 0.25) is 0 Å². The number of nitrogens with zero attached hydrogens (tertiary/aromatic N) is 5. The lowest BCUT2D eigenvalue weighted by atomic mass is 9.95. The maximum Gasteiger partial charge on any atom is 0.256 e. The van der Waals surface area contributed by atoms with Gasteiger partial charge in [0.2, 0.25) is 12.3 Å². The van der Waals surface area contributed by atoms with Crippen LogP contribution in [0.1, 0.15) is 56.0 Å².